The summed E-state index contributed by atoms with van der Waals surface area (Å²) in [5.74, 6) is 1.26. The molecule has 2 aliphatic heterocycles. The van der Waals surface area contributed by atoms with Crippen molar-refractivity contribution >= 4 is 30.1 Å². The first-order valence-corrected chi connectivity index (χ1v) is 16.5. The minimum absolute atomic E-state index is 0. The number of ether oxygens (including phenoxy) is 2. The van der Waals surface area contributed by atoms with Gasteiger partial charge in [0.15, 0.2) is 11.5 Å². The average molecular weight is 657 g/mol. The van der Waals surface area contributed by atoms with Crippen LogP contribution >= 0.6 is 12.4 Å². The molecule has 11 heteroatoms. The Balaban J connectivity index is 0.00000480. The molecule has 1 spiro atoms. The standard InChI is InChI=1S/C35H48N4O6.ClH/c1-4-5-19-39-33(42)30(31(40)25-9-7-6-8-10-25)37-34(43)35(39)17-20-38(21-18-35)23-24-11-14-27(15-12-24)45-28-16-13-26(32(41)36-2)22-29(28)44-3;/h11-16,22,25,30-31,40H,4-10,17-21,23H2,1-3H3,(H,36,41)(H,37,43);1H/t30-,31?;/m1./s1. The van der Waals surface area contributed by atoms with Crippen LogP contribution in [0.2, 0.25) is 0 Å². The van der Waals surface area contributed by atoms with Gasteiger partial charge in [-0.3, -0.25) is 19.3 Å². The molecule has 3 amide bonds. The molecule has 2 saturated heterocycles. The highest BCUT2D eigenvalue weighted by atomic mass is 35.5. The quantitative estimate of drug-likeness (QED) is 0.322. The van der Waals surface area contributed by atoms with Gasteiger partial charge in [0.2, 0.25) is 11.8 Å². The number of unbranched alkanes of at least 4 members (excludes halogenated alkanes) is 1. The highest BCUT2D eigenvalue weighted by Crippen LogP contribution is 2.37. The number of rotatable bonds is 11. The van der Waals surface area contributed by atoms with Gasteiger partial charge in [0.1, 0.15) is 17.3 Å². The summed E-state index contributed by atoms with van der Waals surface area (Å²) in [5, 5.41) is 16.8. The van der Waals surface area contributed by atoms with Gasteiger partial charge in [0.25, 0.3) is 5.91 Å². The number of aliphatic hydroxyl groups excluding tert-OH is 1. The lowest BCUT2D eigenvalue weighted by atomic mass is 9.78. The summed E-state index contributed by atoms with van der Waals surface area (Å²) >= 11 is 0. The Labute approximate surface area is 278 Å². The zero-order valence-electron chi connectivity index (χ0n) is 27.3. The van der Waals surface area contributed by atoms with Crippen molar-refractivity contribution in [3.05, 3.63) is 53.6 Å². The predicted molar refractivity (Wildman–Crippen MR) is 179 cm³/mol. The number of hydrogen-bond donors (Lipinski definition) is 3. The molecule has 2 aromatic carbocycles. The lowest BCUT2D eigenvalue weighted by molar-refractivity contribution is -0.166. The van der Waals surface area contributed by atoms with Gasteiger partial charge in [-0.2, -0.15) is 0 Å². The highest BCUT2D eigenvalue weighted by Gasteiger charge is 2.55. The number of carbonyl (C=O) groups is 3. The molecule has 0 bridgehead atoms. The number of carbonyl (C=O) groups excluding carboxylic acids is 3. The van der Waals surface area contributed by atoms with Gasteiger partial charge in [-0.15, -0.1) is 12.4 Å². The number of nitrogens with zero attached hydrogens (tertiary/aromatic N) is 2. The third-order valence-electron chi connectivity index (χ3n) is 9.86. The number of benzene rings is 2. The van der Waals surface area contributed by atoms with Crippen LogP contribution in [-0.2, 0) is 16.1 Å². The van der Waals surface area contributed by atoms with Crippen molar-refractivity contribution in [2.45, 2.75) is 88.9 Å². The molecule has 46 heavy (non-hydrogen) atoms. The zero-order valence-corrected chi connectivity index (χ0v) is 28.1. The SMILES string of the molecule is CCCCN1C(=O)[C@@H](C(O)C2CCCCC2)NC(=O)C12CCN(Cc1ccc(Oc3ccc(C(=O)NC)cc3OC)cc1)CC2.Cl. The van der Waals surface area contributed by atoms with E-state index in [0.717, 1.165) is 44.1 Å². The second-order valence-electron chi connectivity index (χ2n) is 12.7. The van der Waals surface area contributed by atoms with Crippen LogP contribution in [0.1, 0.15) is 80.6 Å². The molecule has 5 rings (SSSR count). The monoisotopic (exact) mass is 656 g/mol. The Hall–Kier alpha value is -3.34. The maximum absolute atomic E-state index is 13.9. The first-order chi connectivity index (χ1) is 21.8. The molecule has 1 saturated carbocycles. The molecule has 0 radical (unpaired) electrons. The van der Waals surface area contributed by atoms with Gasteiger partial charge in [-0.1, -0.05) is 44.7 Å². The van der Waals surface area contributed by atoms with Gasteiger partial charge < -0.3 is 30.1 Å². The van der Waals surface area contributed by atoms with E-state index in [4.69, 9.17) is 9.47 Å². The fourth-order valence-electron chi connectivity index (χ4n) is 7.12. The van der Waals surface area contributed by atoms with Crippen LogP contribution in [0.5, 0.6) is 17.2 Å². The number of aliphatic hydroxyl groups is 1. The van der Waals surface area contributed by atoms with E-state index < -0.39 is 17.7 Å². The summed E-state index contributed by atoms with van der Waals surface area (Å²) in [6.07, 6.45) is 7.15. The van der Waals surface area contributed by atoms with E-state index in [-0.39, 0.29) is 36.0 Å². The maximum Gasteiger partial charge on any atom is 0.251 e. The van der Waals surface area contributed by atoms with E-state index in [0.29, 0.717) is 61.8 Å². The van der Waals surface area contributed by atoms with Crippen molar-refractivity contribution in [2.24, 2.45) is 5.92 Å². The van der Waals surface area contributed by atoms with Crippen molar-refractivity contribution in [1.82, 2.24) is 20.4 Å². The van der Waals surface area contributed by atoms with Crippen LogP contribution in [0.3, 0.4) is 0 Å². The third kappa shape index (κ3) is 7.61. The second kappa shape index (κ2) is 16.0. The van der Waals surface area contributed by atoms with E-state index in [1.165, 1.54) is 13.5 Å². The predicted octanol–water partition coefficient (Wildman–Crippen LogP) is 4.67. The van der Waals surface area contributed by atoms with Gasteiger partial charge in [-0.05, 0) is 73.9 Å². The van der Waals surface area contributed by atoms with Crippen LogP contribution in [0.4, 0.5) is 0 Å². The minimum Gasteiger partial charge on any atom is -0.493 e. The fourth-order valence-corrected chi connectivity index (χ4v) is 7.12. The number of piperidine rings is 1. The lowest BCUT2D eigenvalue weighted by Gasteiger charge is -2.52. The van der Waals surface area contributed by atoms with E-state index in [1.54, 1.807) is 25.2 Å². The van der Waals surface area contributed by atoms with E-state index in [2.05, 4.69) is 22.5 Å². The maximum atomic E-state index is 13.9. The van der Waals surface area contributed by atoms with Crippen LogP contribution in [0.15, 0.2) is 42.5 Å². The van der Waals surface area contributed by atoms with Crippen LogP contribution in [-0.4, -0.2) is 84.1 Å². The normalized spacial score (nSPS) is 20.9. The Bertz CT molecular complexity index is 1340. The minimum atomic E-state index is -0.865. The number of likely N-dealkylation sites (tertiary alicyclic amines) is 1. The van der Waals surface area contributed by atoms with Crippen molar-refractivity contribution in [3.8, 4) is 17.2 Å². The summed E-state index contributed by atoms with van der Waals surface area (Å²) in [6, 6.07) is 12.1. The van der Waals surface area contributed by atoms with Crippen molar-refractivity contribution in [1.29, 1.82) is 0 Å². The molecule has 1 aliphatic carbocycles. The molecule has 2 heterocycles. The van der Waals surface area contributed by atoms with Crippen LogP contribution in [0, 0.1) is 5.92 Å². The summed E-state index contributed by atoms with van der Waals surface area (Å²) in [6.45, 7) is 4.72. The van der Waals surface area contributed by atoms with E-state index in [9.17, 15) is 19.5 Å². The molecule has 2 aromatic rings. The van der Waals surface area contributed by atoms with Crippen LogP contribution < -0.4 is 20.1 Å². The summed E-state index contributed by atoms with van der Waals surface area (Å²) in [7, 11) is 3.12. The molecule has 3 aliphatic rings. The Morgan fingerprint density at radius 2 is 1.76 bits per heavy atom. The third-order valence-corrected chi connectivity index (χ3v) is 9.86. The molecule has 2 atom stereocenters. The highest BCUT2D eigenvalue weighted by molar-refractivity contribution is 6.00. The lowest BCUT2D eigenvalue weighted by Crippen LogP contribution is -2.75. The number of amides is 3. The number of halogens is 1. The molecule has 0 aromatic heterocycles. The molecular weight excluding hydrogens is 608 g/mol. The summed E-state index contributed by atoms with van der Waals surface area (Å²) < 4.78 is 11.5. The molecule has 252 valence electrons. The average Bonchev–Trinajstić information content (AvgIpc) is 3.08. The second-order valence-corrected chi connectivity index (χ2v) is 12.7. The van der Waals surface area contributed by atoms with Crippen molar-refractivity contribution in [2.75, 3.05) is 33.8 Å². The van der Waals surface area contributed by atoms with Gasteiger partial charge in [0, 0.05) is 38.8 Å². The van der Waals surface area contributed by atoms with E-state index >= 15 is 0 Å². The fraction of sp³-hybridized carbons (Fsp3) is 0.571. The molecule has 10 nitrogen and oxygen atoms in total. The van der Waals surface area contributed by atoms with Gasteiger partial charge >= 0.3 is 0 Å². The molecule has 3 fully saturated rings. The van der Waals surface area contributed by atoms with Gasteiger partial charge in [0.05, 0.1) is 13.2 Å². The largest absolute Gasteiger partial charge is 0.493 e. The first-order valence-electron chi connectivity index (χ1n) is 16.5. The summed E-state index contributed by atoms with van der Waals surface area (Å²) in [4.78, 5) is 43.8. The Morgan fingerprint density at radius 3 is 2.39 bits per heavy atom. The topological polar surface area (TPSA) is 120 Å². The number of hydrogen-bond acceptors (Lipinski definition) is 7. The van der Waals surface area contributed by atoms with Crippen molar-refractivity contribution in [3.63, 3.8) is 0 Å². The number of methoxy groups -OCH3 is 1. The first kappa shape index (κ1) is 35.5. The smallest absolute Gasteiger partial charge is 0.251 e. The van der Waals surface area contributed by atoms with E-state index in [1.807, 2.05) is 29.2 Å². The van der Waals surface area contributed by atoms with Crippen LogP contribution in [0.25, 0.3) is 0 Å². The zero-order chi connectivity index (χ0) is 32.0. The van der Waals surface area contributed by atoms with Gasteiger partial charge in [-0.25, -0.2) is 0 Å². The number of nitrogens with one attached hydrogen (secondary N) is 2. The Morgan fingerprint density at radius 1 is 1.07 bits per heavy atom. The van der Waals surface area contributed by atoms with Crippen molar-refractivity contribution < 1.29 is 29.0 Å². The summed E-state index contributed by atoms with van der Waals surface area (Å²) in [5.41, 5.74) is 0.735. The molecule has 3 N–H and O–H groups in total. The number of piperazine rings is 1. The molecular formula is C35H49ClN4O6. The molecule has 1 unspecified atom stereocenters. The Kier molecular flexibility index (Phi) is 12.3.